The first-order valence-corrected chi connectivity index (χ1v) is 7.58. The van der Waals surface area contributed by atoms with Crippen LogP contribution in [0.25, 0.3) is 0 Å². The molecule has 2 rings (SSSR count). The van der Waals surface area contributed by atoms with E-state index in [1.165, 1.54) is 32.1 Å². The van der Waals surface area contributed by atoms with Crippen LogP contribution in [0.1, 0.15) is 39.0 Å². The molecular weight excluding hydrogens is 224 g/mol. The van der Waals surface area contributed by atoms with Crippen LogP contribution in [0.3, 0.4) is 0 Å². The number of hydrogen-bond donors (Lipinski definition) is 1. The lowest BCUT2D eigenvalue weighted by molar-refractivity contribution is 0.0740. The number of hydrogen-bond acceptors (Lipinski definition) is 3. The van der Waals surface area contributed by atoms with Gasteiger partial charge in [0.1, 0.15) is 0 Å². The Balaban J connectivity index is 1.81. The predicted molar refractivity (Wildman–Crippen MR) is 75.8 cm³/mol. The molecule has 3 unspecified atom stereocenters. The highest BCUT2D eigenvalue weighted by Crippen LogP contribution is 2.35. The molecule has 0 radical (unpaired) electrons. The number of ether oxygens (including phenoxy) is 1. The molecule has 3 heteroatoms. The summed E-state index contributed by atoms with van der Waals surface area (Å²) in [5.74, 6) is 1.61. The summed E-state index contributed by atoms with van der Waals surface area (Å²) in [6, 6.07) is 0. The molecule has 1 aliphatic heterocycles. The lowest BCUT2D eigenvalue weighted by atomic mass is 9.75. The highest BCUT2D eigenvalue weighted by Gasteiger charge is 2.36. The summed E-state index contributed by atoms with van der Waals surface area (Å²) in [5, 5.41) is 3.72. The Labute approximate surface area is 112 Å². The summed E-state index contributed by atoms with van der Waals surface area (Å²) in [4.78, 5) is 2.46. The molecule has 0 aromatic heterocycles. The van der Waals surface area contributed by atoms with Crippen LogP contribution in [0, 0.1) is 11.8 Å². The van der Waals surface area contributed by atoms with Crippen LogP contribution < -0.4 is 5.32 Å². The molecule has 3 atom stereocenters. The van der Waals surface area contributed by atoms with E-state index in [0.29, 0.717) is 5.54 Å². The van der Waals surface area contributed by atoms with E-state index in [1.54, 1.807) is 0 Å². The fourth-order valence-electron chi connectivity index (χ4n) is 3.61. The van der Waals surface area contributed by atoms with Crippen molar-refractivity contribution in [3.8, 4) is 0 Å². The van der Waals surface area contributed by atoms with Gasteiger partial charge >= 0.3 is 0 Å². The third kappa shape index (κ3) is 3.46. The van der Waals surface area contributed by atoms with Crippen molar-refractivity contribution in [1.82, 2.24) is 10.2 Å². The van der Waals surface area contributed by atoms with Gasteiger partial charge in [-0.3, -0.25) is 0 Å². The maximum absolute atomic E-state index is 5.44. The van der Waals surface area contributed by atoms with Crippen molar-refractivity contribution in [2.75, 3.05) is 40.4 Å². The van der Waals surface area contributed by atoms with Crippen LogP contribution in [0.15, 0.2) is 0 Å². The van der Waals surface area contributed by atoms with Gasteiger partial charge in [0.25, 0.3) is 0 Å². The molecule has 0 spiro atoms. The Bertz CT molecular complexity index is 251. The second kappa shape index (κ2) is 6.36. The van der Waals surface area contributed by atoms with Gasteiger partial charge in [-0.1, -0.05) is 19.8 Å². The van der Waals surface area contributed by atoms with Gasteiger partial charge in [-0.25, -0.2) is 0 Å². The summed E-state index contributed by atoms with van der Waals surface area (Å²) >= 11 is 0. The maximum Gasteiger partial charge on any atom is 0.0507 e. The van der Waals surface area contributed by atoms with E-state index in [9.17, 15) is 0 Å². The minimum atomic E-state index is 0.386. The van der Waals surface area contributed by atoms with E-state index < -0.39 is 0 Å². The van der Waals surface area contributed by atoms with Crippen molar-refractivity contribution >= 4 is 0 Å². The molecule has 106 valence electrons. The average molecular weight is 254 g/mol. The zero-order valence-corrected chi connectivity index (χ0v) is 12.4. The van der Waals surface area contributed by atoms with E-state index in [1.807, 2.05) is 0 Å². The first-order valence-electron chi connectivity index (χ1n) is 7.58. The molecule has 2 aliphatic rings. The third-order valence-electron chi connectivity index (χ3n) is 4.93. The smallest absolute Gasteiger partial charge is 0.0507 e. The summed E-state index contributed by atoms with van der Waals surface area (Å²) in [6.45, 7) is 6.59. The van der Waals surface area contributed by atoms with Gasteiger partial charge in [0.15, 0.2) is 0 Å². The van der Waals surface area contributed by atoms with E-state index in [0.717, 1.165) is 38.1 Å². The molecule has 0 amide bonds. The zero-order chi connectivity index (χ0) is 13.0. The minimum Gasteiger partial charge on any atom is -0.381 e. The van der Waals surface area contributed by atoms with Crippen LogP contribution in [-0.2, 0) is 4.74 Å². The van der Waals surface area contributed by atoms with E-state index in [2.05, 4.69) is 31.2 Å². The molecule has 0 aromatic rings. The van der Waals surface area contributed by atoms with Crippen molar-refractivity contribution in [3.63, 3.8) is 0 Å². The van der Waals surface area contributed by atoms with Gasteiger partial charge in [-0.05, 0) is 45.2 Å². The molecule has 18 heavy (non-hydrogen) atoms. The SMILES string of the molecule is CC1CCCC(CNCC2CCOC2)(N(C)C)C1. The summed E-state index contributed by atoms with van der Waals surface area (Å²) in [5.41, 5.74) is 0.386. The molecule has 0 aromatic carbocycles. The summed E-state index contributed by atoms with van der Waals surface area (Å²) in [6.07, 6.45) is 6.71. The summed E-state index contributed by atoms with van der Waals surface area (Å²) < 4.78 is 5.44. The van der Waals surface area contributed by atoms with Crippen molar-refractivity contribution in [1.29, 1.82) is 0 Å². The quantitative estimate of drug-likeness (QED) is 0.813. The molecule has 0 bridgehead atoms. The Morgan fingerprint density at radius 3 is 2.78 bits per heavy atom. The molecule has 3 nitrogen and oxygen atoms in total. The fourth-order valence-corrected chi connectivity index (χ4v) is 3.61. The zero-order valence-electron chi connectivity index (χ0n) is 12.4. The molecule has 1 aliphatic carbocycles. The van der Waals surface area contributed by atoms with Crippen molar-refractivity contribution in [3.05, 3.63) is 0 Å². The lowest BCUT2D eigenvalue weighted by Crippen LogP contribution is -2.54. The van der Waals surface area contributed by atoms with Gasteiger partial charge in [0.2, 0.25) is 0 Å². The van der Waals surface area contributed by atoms with Crippen LogP contribution in [0.4, 0.5) is 0 Å². The molecular formula is C15H30N2O. The monoisotopic (exact) mass is 254 g/mol. The Morgan fingerprint density at radius 2 is 2.17 bits per heavy atom. The van der Waals surface area contributed by atoms with Crippen molar-refractivity contribution in [2.24, 2.45) is 11.8 Å². The van der Waals surface area contributed by atoms with Crippen LogP contribution >= 0.6 is 0 Å². The van der Waals surface area contributed by atoms with Gasteiger partial charge in [-0.2, -0.15) is 0 Å². The van der Waals surface area contributed by atoms with Crippen LogP contribution in [-0.4, -0.2) is 50.8 Å². The second-order valence-corrected chi connectivity index (χ2v) is 6.68. The van der Waals surface area contributed by atoms with Gasteiger partial charge in [0.05, 0.1) is 6.61 Å². The maximum atomic E-state index is 5.44. The Kier molecular flexibility index (Phi) is 5.05. The first-order chi connectivity index (χ1) is 8.62. The predicted octanol–water partition coefficient (Wildman–Crippen LogP) is 2.12. The molecule has 2 fully saturated rings. The van der Waals surface area contributed by atoms with E-state index in [-0.39, 0.29) is 0 Å². The molecule has 1 heterocycles. The first kappa shape index (κ1) is 14.3. The van der Waals surface area contributed by atoms with Crippen molar-refractivity contribution < 1.29 is 4.74 Å². The van der Waals surface area contributed by atoms with E-state index in [4.69, 9.17) is 4.74 Å². The highest BCUT2D eigenvalue weighted by atomic mass is 16.5. The van der Waals surface area contributed by atoms with Crippen molar-refractivity contribution in [2.45, 2.75) is 44.6 Å². The van der Waals surface area contributed by atoms with Crippen LogP contribution in [0.5, 0.6) is 0 Å². The number of nitrogens with zero attached hydrogens (tertiary/aromatic N) is 1. The van der Waals surface area contributed by atoms with E-state index >= 15 is 0 Å². The molecule has 1 saturated heterocycles. The number of nitrogens with one attached hydrogen (secondary N) is 1. The lowest BCUT2D eigenvalue weighted by Gasteiger charge is -2.45. The standard InChI is InChI=1S/C15H30N2O/c1-13-5-4-7-15(9-13,17(2)3)12-16-10-14-6-8-18-11-14/h13-14,16H,4-12H2,1-3H3. The minimum absolute atomic E-state index is 0.386. The molecule has 1 saturated carbocycles. The number of rotatable bonds is 5. The third-order valence-corrected chi connectivity index (χ3v) is 4.93. The highest BCUT2D eigenvalue weighted by molar-refractivity contribution is 4.94. The van der Waals surface area contributed by atoms with Gasteiger partial charge in [-0.15, -0.1) is 0 Å². The Hall–Kier alpha value is -0.120. The summed E-state index contributed by atoms with van der Waals surface area (Å²) in [7, 11) is 4.50. The molecule has 1 N–H and O–H groups in total. The van der Waals surface area contributed by atoms with Gasteiger partial charge < -0.3 is 15.0 Å². The average Bonchev–Trinajstić information content (AvgIpc) is 2.82. The topological polar surface area (TPSA) is 24.5 Å². The second-order valence-electron chi connectivity index (χ2n) is 6.68. The normalized spacial score (nSPS) is 37.3. The fraction of sp³-hybridized carbons (Fsp3) is 1.00. The number of likely N-dealkylation sites (N-methyl/N-ethyl adjacent to an activating group) is 1. The van der Waals surface area contributed by atoms with Crippen LogP contribution in [0.2, 0.25) is 0 Å². The Morgan fingerprint density at radius 1 is 1.33 bits per heavy atom. The van der Waals surface area contributed by atoms with Gasteiger partial charge in [0, 0.05) is 25.2 Å². The largest absolute Gasteiger partial charge is 0.381 e.